The van der Waals surface area contributed by atoms with Crippen LogP contribution in [0.15, 0.2) is 0 Å². The Morgan fingerprint density at radius 1 is 1.00 bits per heavy atom. The molecule has 0 fully saturated rings. The van der Waals surface area contributed by atoms with Gasteiger partial charge in [-0.3, -0.25) is 19.2 Å². The number of nitrogens with two attached hydrogens (primary N) is 3. The van der Waals surface area contributed by atoms with E-state index in [4.69, 9.17) is 17.2 Å². The third kappa shape index (κ3) is 11.9. The molecule has 0 aromatic carbocycles. The predicted molar refractivity (Wildman–Crippen MR) is 113 cm³/mol. The van der Waals surface area contributed by atoms with E-state index in [0.717, 1.165) is 0 Å². The van der Waals surface area contributed by atoms with Crippen LogP contribution in [0.4, 0.5) is 0 Å². The van der Waals surface area contributed by atoms with Gasteiger partial charge < -0.3 is 38.3 Å². The van der Waals surface area contributed by atoms with Crippen molar-refractivity contribution in [1.29, 1.82) is 0 Å². The number of carboxylic acids is 1. The van der Waals surface area contributed by atoms with Crippen molar-refractivity contribution in [3.63, 3.8) is 0 Å². The molecule has 12 nitrogen and oxygen atoms in total. The number of rotatable bonds is 16. The second-order valence-corrected chi connectivity index (χ2v) is 7.44. The van der Waals surface area contributed by atoms with Gasteiger partial charge in [-0.25, -0.2) is 4.79 Å². The number of hydrogen-bond donors (Lipinski definition) is 7. The molecule has 4 amide bonds. The summed E-state index contributed by atoms with van der Waals surface area (Å²) in [5, 5.41) is 16.5. The zero-order chi connectivity index (χ0) is 24.0. The Kier molecular flexibility index (Phi) is 13.8. The monoisotopic (exact) mass is 444 g/mol. The van der Waals surface area contributed by atoms with Crippen LogP contribution in [0.3, 0.4) is 0 Å². The molecule has 31 heavy (non-hydrogen) atoms. The first-order valence-electron chi connectivity index (χ1n) is 10.4. The fourth-order valence-electron chi connectivity index (χ4n) is 2.67. The fourth-order valence-corrected chi connectivity index (χ4v) is 2.67. The SMILES string of the molecule is CCC(C)C(NC(=O)CNC(=O)C(CCCCN)NC(=O)C(N)CCC(N)=O)C(=O)O. The molecule has 0 aliphatic heterocycles. The molecule has 0 heterocycles. The first kappa shape index (κ1) is 28.3. The molecule has 4 atom stereocenters. The lowest BCUT2D eigenvalue weighted by Crippen LogP contribution is -2.54. The van der Waals surface area contributed by atoms with Crippen molar-refractivity contribution < 1.29 is 29.1 Å². The van der Waals surface area contributed by atoms with Gasteiger partial charge in [-0.2, -0.15) is 0 Å². The van der Waals surface area contributed by atoms with Gasteiger partial charge in [0.2, 0.25) is 23.6 Å². The van der Waals surface area contributed by atoms with Gasteiger partial charge in [-0.05, 0) is 38.1 Å². The Balaban J connectivity index is 4.89. The van der Waals surface area contributed by atoms with Gasteiger partial charge in [0.25, 0.3) is 0 Å². The van der Waals surface area contributed by atoms with E-state index in [2.05, 4.69) is 16.0 Å². The molecule has 0 bridgehead atoms. The van der Waals surface area contributed by atoms with Crippen LogP contribution in [0.5, 0.6) is 0 Å². The van der Waals surface area contributed by atoms with Crippen molar-refractivity contribution in [2.75, 3.05) is 13.1 Å². The van der Waals surface area contributed by atoms with Gasteiger partial charge in [0.15, 0.2) is 0 Å². The smallest absolute Gasteiger partial charge is 0.326 e. The van der Waals surface area contributed by atoms with Crippen molar-refractivity contribution >= 4 is 29.6 Å². The van der Waals surface area contributed by atoms with Crippen molar-refractivity contribution in [1.82, 2.24) is 16.0 Å². The highest BCUT2D eigenvalue weighted by atomic mass is 16.4. The van der Waals surface area contributed by atoms with Crippen LogP contribution in [-0.4, -0.2) is 65.9 Å². The molecule has 4 unspecified atom stereocenters. The Labute approximate surface area is 182 Å². The van der Waals surface area contributed by atoms with Gasteiger partial charge in [0.05, 0.1) is 12.6 Å². The van der Waals surface area contributed by atoms with E-state index in [1.165, 1.54) is 0 Å². The van der Waals surface area contributed by atoms with Crippen LogP contribution >= 0.6 is 0 Å². The number of carbonyl (C=O) groups excluding carboxylic acids is 4. The molecule has 0 rings (SSSR count). The number of primary amides is 1. The Bertz CT molecular complexity index is 629. The average molecular weight is 445 g/mol. The highest BCUT2D eigenvalue weighted by Crippen LogP contribution is 2.08. The molecule has 12 heteroatoms. The molecule has 0 aliphatic carbocycles. The summed E-state index contributed by atoms with van der Waals surface area (Å²) >= 11 is 0. The van der Waals surface area contributed by atoms with Crippen molar-refractivity contribution in [2.45, 2.75) is 70.5 Å². The van der Waals surface area contributed by atoms with Gasteiger partial charge in [0, 0.05) is 6.42 Å². The Hall–Kier alpha value is -2.73. The normalized spacial score (nSPS) is 14.6. The molecule has 0 radical (unpaired) electrons. The van der Waals surface area contributed by atoms with E-state index >= 15 is 0 Å². The molecule has 0 spiro atoms. The zero-order valence-corrected chi connectivity index (χ0v) is 18.2. The van der Waals surface area contributed by atoms with Crippen molar-refractivity contribution in [2.24, 2.45) is 23.1 Å². The molecule has 178 valence electrons. The third-order valence-electron chi connectivity index (χ3n) is 4.84. The van der Waals surface area contributed by atoms with Gasteiger partial charge >= 0.3 is 5.97 Å². The first-order valence-corrected chi connectivity index (χ1v) is 10.4. The van der Waals surface area contributed by atoms with E-state index in [9.17, 15) is 29.1 Å². The minimum absolute atomic E-state index is 0.0346. The minimum atomic E-state index is -1.16. The van der Waals surface area contributed by atoms with E-state index in [1.54, 1.807) is 13.8 Å². The molecular weight excluding hydrogens is 408 g/mol. The maximum atomic E-state index is 12.5. The fraction of sp³-hybridized carbons (Fsp3) is 0.737. The zero-order valence-electron chi connectivity index (χ0n) is 18.2. The average Bonchev–Trinajstić information content (AvgIpc) is 2.72. The molecule has 0 aromatic rings. The maximum absolute atomic E-state index is 12.5. The van der Waals surface area contributed by atoms with Crippen LogP contribution in [0.2, 0.25) is 0 Å². The molecular formula is C19H36N6O6. The second-order valence-electron chi connectivity index (χ2n) is 7.44. The summed E-state index contributed by atoms with van der Waals surface area (Å²) in [6, 6.07) is -3.05. The quantitative estimate of drug-likeness (QED) is 0.131. The van der Waals surface area contributed by atoms with E-state index in [-0.39, 0.29) is 25.2 Å². The van der Waals surface area contributed by atoms with E-state index in [0.29, 0.717) is 25.8 Å². The minimum Gasteiger partial charge on any atom is -0.480 e. The number of carbonyl (C=O) groups is 5. The lowest BCUT2D eigenvalue weighted by molar-refractivity contribution is -0.143. The van der Waals surface area contributed by atoms with Crippen LogP contribution in [0, 0.1) is 5.92 Å². The van der Waals surface area contributed by atoms with E-state index < -0.39 is 54.3 Å². The van der Waals surface area contributed by atoms with Gasteiger partial charge in [-0.1, -0.05) is 20.3 Å². The van der Waals surface area contributed by atoms with Crippen LogP contribution in [-0.2, 0) is 24.0 Å². The summed E-state index contributed by atoms with van der Waals surface area (Å²) in [5.74, 6) is -3.94. The first-order chi connectivity index (χ1) is 14.5. The summed E-state index contributed by atoms with van der Waals surface area (Å²) in [6.07, 6.45) is 1.96. The summed E-state index contributed by atoms with van der Waals surface area (Å²) < 4.78 is 0. The molecule has 0 aliphatic rings. The number of nitrogens with one attached hydrogen (secondary N) is 3. The van der Waals surface area contributed by atoms with Crippen molar-refractivity contribution in [3.8, 4) is 0 Å². The third-order valence-corrected chi connectivity index (χ3v) is 4.84. The molecule has 0 saturated heterocycles. The Morgan fingerprint density at radius 3 is 2.16 bits per heavy atom. The topological polar surface area (TPSA) is 220 Å². The molecule has 10 N–H and O–H groups in total. The van der Waals surface area contributed by atoms with E-state index in [1.807, 2.05) is 0 Å². The lowest BCUT2D eigenvalue weighted by Gasteiger charge is -2.22. The largest absolute Gasteiger partial charge is 0.480 e. The highest BCUT2D eigenvalue weighted by molar-refractivity contribution is 5.92. The Morgan fingerprint density at radius 2 is 1.65 bits per heavy atom. The molecule has 0 aromatic heterocycles. The number of aliphatic carboxylic acids is 1. The van der Waals surface area contributed by atoms with Gasteiger partial charge in [0.1, 0.15) is 12.1 Å². The highest BCUT2D eigenvalue weighted by Gasteiger charge is 2.27. The van der Waals surface area contributed by atoms with Gasteiger partial charge in [-0.15, -0.1) is 0 Å². The second kappa shape index (κ2) is 15.1. The van der Waals surface area contributed by atoms with Crippen molar-refractivity contribution in [3.05, 3.63) is 0 Å². The van der Waals surface area contributed by atoms with Crippen LogP contribution in [0.1, 0.15) is 52.4 Å². The van der Waals surface area contributed by atoms with Crippen LogP contribution < -0.4 is 33.2 Å². The summed E-state index contributed by atoms with van der Waals surface area (Å²) in [4.78, 5) is 59.0. The maximum Gasteiger partial charge on any atom is 0.326 e. The number of carboxylic acid groups (broad SMARTS) is 1. The summed E-state index contributed by atoms with van der Waals surface area (Å²) in [7, 11) is 0. The number of amides is 4. The standard InChI is InChI=1S/C19H36N6O6/c1-3-11(2)16(19(30)31)25-15(27)10-23-18(29)13(6-4-5-9-20)24-17(28)12(21)7-8-14(22)26/h11-13,16H,3-10,20-21H2,1-2H3,(H2,22,26)(H,23,29)(H,24,28)(H,25,27)(H,30,31). The summed E-state index contributed by atoms with van der Waals surface area (Å²) in [5.41, 5.74) is 16.2. The summed E-state index contributed by atoms with van der Waals surface area (Å²) in [6.45, 7) is 3.46. The predicted octanol–water partition coefficient (Wildman–Crippen LogP) is -2.08. The van der Waals surface area contributed by atoms with Crippen LogP contribution in [0.25, 0.3) is 0 Å². The lowest BCUT2D eigenvalue weighted by atomic mass is 9.99. The number of unbranched alkanes of at least 4 members (excludes halogenated alkanes) is 1. The molecule has 0 saturated carbocycles. The number of hydrogen-bond acceptors (Lipinski definition) is 7.